The van der Waals surface area contributed by atoms with Crippen LogP contribution in [-0.2, 0) is 0 Å². The molecule has 0 N–H and O–H groups in total. The van der Waals surface area contributed by atoms with Crippen LogP contribution in [0.5, 0.6) is 11.5 Å². The molecule has 0 fully saturated rings. The zero-order valence-electron chi connectivity index (χ0n) is 8.85. The van der Waals surface area contributed by atoms with Crippen molar-refractivity contribution in [3.63, 3.8) is 0 Å². The molecule has 1 aromatic rings. The van der Waals surface area contributed by atoms with Crippen molar-refractivity contribution in [1.29, 1.82) is 10.5 Å². The zero-order valence-corrected chi connectivity index (χ0v) is 8.85. The highest BCUT2D eigenvalue weighted by Crippen LogP contribution is 2.19. The van der Waals surface area contributed by atoms with Crippen molar-refractivity contribution in [2.45, 2.75) is 12.8 Å². The highest BCUT2D eigenvalue weighted by Gasteiger charge is 1.97. The monoisotopic (exact) mass is 216 g/mol. The molecule has 0 bridgehead atoms. The molecule has 4 heteroatoms. The topological polar surface area (TPSA) is 66.0 Å². The summed E-state index contributed by atoms with van der Waals surface area (Å²) < 4.78 is 10.7. The summed E-state index contributed by atoms with van der Waals surface area (Å²) in [7, 11) is 0. The maximum atomic E-state index is 8.36. The van der Waals surface area contributed by atoms with Crippen LogP contribution in [0.4, 0.5) is 0 Å². The predicted octanol–water partition coefficient (Wildman–Crippen LogP) is 2.27. The maximum Gasteiger partial charge on any atom is 0.123 e. The highest BCUT2D eigenvalue weighted by molar-refractivity contribution is 5.32. The molecule has 0 saturated heterocycles. The molecule has 82 valence electrons. The lowest BCUT2D eigenvalue weighted by atomic mass is 10.3. The van der Waals surface area contributed by atoms with Crippen LogP contribution in [0.25, 0.3) is 0 Å². The van der Waals surface area contributed by atoms with Gasteiger partial charge in [-0.15, -0.1) is 0 Å². The molecule has 0 aromatic heterocycles. The van der Waals surface area contributed by atoms with E-state index in [9.17, 15) is 0 Å². The molecular weight excluding hydrogens is 204 g/mol. The first-order chi connectivity index (χ1) is 7.86. The van der Waals surface area contributed by atoms with E-state index in [4.69, 9.17) is 20.0 Å². The summed E-state index contributed by atoms with van der Waals surface area (Å²) in [6.07, 6.45) is 0.721. The first-order valence-corrected chi connectivity index (χ1v) is 4.96. The van der Waals surface area contributed by atoms with Gasteiger partial charge in [0.25, 0.3) is 0 Å². The van der Waals surface area contributed by atoms with Crippen LogP contribution in [0.2, 0.25) is 0 Å². The molecule has 0 radical (unpaired) electrons. The average molecular weight is 216 g/mol. The van der Waals surface area contributed by atoms with Crippen LogP contribution in [0.1, 0.15) is 12.8 Å². The van der Waals surface area contributed by atoms with E-state index in [0.717, 1.165) is 0 Å². The normalized spacial score (nSPS) is 8.88. The Morgan fingerprint density at radius 1 is 0.938 bits per heavy atom. The summed E-state index contributed by atoms with van der Waals surface area (Å²) in [6, 6.07) is 11.2. The van der Waals surface area contributed by atoms with Gasteiger partial charge in [0.1, 0.15) is 24.7 Å². The molecule has 0 spiro atoms. The quantitative estimate of drug-likeness (QED) is 0.684. The van der Waals surface area contributed by atoms with E-state index in [1.54, 1.807) is 18.2 Å². The Morgan fingerprint density at radius 3 is 1.88 bits per heavy atom. The molecule has 16 heavy (non-hydrogen) atoms. The molecule has 4 nitrogen and oxygen atoms in total. The summed E-state index contributed by atoms with van der Waals surface area (Å²) in [5.74, 6) is 1.34. The van der Waals surface area contributed by atoms with E-state index in [0.29, 0.717) is 37.6 Å². The second kappa shape index (κ2) is 7.14. The summed E-state index contributed by atoms with van der Waals surface area (Å²) in [4.78, 5) is 0. The fraction of sp³-hybridized carbons (Fsp3) is 0.333. The highest BCUT2D eigenvalue weighted by atomic mass is 16.5. The van der Waals surface area contributed by atoms with E-state index in [2.05, 4.69) is 0 Å². The van der Waals surface area contributed by atoms with E-state index in [-0.39, 0.29) is 0 Å². The van der Waals surface area contributed by atoms with Gasteiger partial charge in [-0.25, -0.2) is 0 Å². The van der Waals surface area contributed by atoms with E-state index in [1.807, 2.05) is 18.2 Å². The lowest BCUT2D eigenvalue weighted by Crippen LogP contribution is -1.98. The second-order valence-electron chi connectivity index (χ2n) is 2.99. The van der Waals surface area contributed by atoms with Gasteiger partial charge in [-0.2, -0.15) is 10.5 Å². The van der Waals surface area contributed by atoms with Crippen molar-refractivity contribution < 1.29 is 9.47 Å². The van der Waals surface area contributed by atoms with Crippen LogP contribution in [-0.4, -0.2) is 13.2 Å². The van der Waals surface area contributed by atoms with Gasteiger partial charge in [0.05, 0.1) is 25.0 Å². The molecule has 0 amide bonds. The maximum absolute atomic E-state index is 8.36. The third kappa shape index (κ3) is 4.34. The van der Waals surface area contributed by atoms with Crippen molar-refractivity contribution in [2.24, 2.45) is 0 Å². The smallest absolute Gasteiger partial charge is 0.123 e. The molecule has 1 aromatic carbocycles. The van der Waals surface area contributed by atoms with E-state index < -0.39 is 0 Å². The fourth-order valence-electron chi connectivity index (χ4n) is 1.08. The van der Waals surface area contributed by atoms with Crippen LogP contribution in [0.15, 0.2) is 24.3 Å². The van der Waals surface area contributed by atoms with E-state index in [1.165, 1.54) is 0 Å². The van der Waals surface area contributed by atoms with Crippen molar-refractivity contribution >= 4 is 0 Å². The number of rotatable bonds is 6. The molecule has 0 aliphatic rings. The Morgan fingerprint density at radius 2 is 1.44 bits per heavy atom. The number of nitrogens with zero attached hydrogens (tertiary/aromatic N) is 2. The first kappa shape index (κ1) is 11.9. The Bertz CT molecular complexity index is 369. The largest absolute Gasteiger partial charge is 0.492 e. The molecule has 0 aliphatic heterocycles. The lowest BCUT2D eigenvalue weighted by molar-refractivity contribution is 0.310. The Hall–Kier alpha value is -2.20. The van der Waals surface area contributed by atoms with Crippen LogP contribution < -0.4 is 9.47 Å². The Labute approximate surface area is 94.6 Å². The van der Waals surface area contributed by atoms with Crippen LogP contribution in [0.3, 0.4) is 0 Å². The minimum Gasteiger partial charge on any atom is -0.492 e. The third-order valence-electron chi connectivity index (χ3n) is 1.77. The molecule has 0 heterocycles. The van der Waals surface area contributed by atoms with Crippen LogP contribution >= 0.6 is 0 Å². The molecular formula is C12H12N2O2. The molecule has 0 aliphatic carbocycles. The number of hydrogen-bond donors (Lipinski definition) is 0. The minimum absolute atomic E-state index is 0.361. The SMILES string of the molecule is N#CCCOc1cccc(OCCC#N)c1. The predicted molar refractivity (Wildman–Crippen MR) is 57.9 cm³/mol. The van der Waals surface area contributed by atoms with Crippen molar-refractivity contribution in [3.8, 4) is 23.6 Å². The molecule has 1 rings (SSSR count). The van der Waals surface area contributed by atoms with E-state index >= 15 is 0 Å². The van der Waals surface area contributed by atoms with Gasteiger partial charge in [-0.3, -0.25) is 0 Å². The Balaban J connectivity index is 2.45. The summed E-state index contributed by atoms with van der Waals surface area (Å²) in [6.45, 7) is 0.746. The number of benzene rings is 1. The summed E-state index contributed by atoms with van der Waals surface area (Å²) >= 11 is 0. The van der Waals surface area contributed by atoms with Gasteiger partial charge in [0, 0.05) is 6.07 Å². The van der Waals surface area contributed by atoms with Gasteiger partial charge >= 0.3 is 0 Å². The van der Waals surface area contributed by atoms with Crippen molar-refractivity contribution in [2.75, 3.05) is 13.2 Å². The molecule has 0 saturated carbocycles. The number of ether oxygens (including phenoxy) is 2. The Kier molecular flexibility index (Phi) is 5.30. The fourth-order valence-corrected chi connectivity index (χ4v) is 1.08. The van der Waals surface area contributed by atoms with Gasteiger partial charge in [-0.1, -0.05) is 6.07 Å². The zero-order chi connectivity index (χ0) is 11.6. The molecule has 0 atom stereocenters. The second-order valence-corrected chi connectivity index (χ2v) is 2.99. The average Bonchev–Trinajstić information content (AvgIpc) is 2.30. The molecule has 0 unspecified atom stereocenters. The van der Waals surface area contributed by atoms with Gasteiger partial charge in [0.2, 0.25) is 0 Å². The third-order valence-corrected chi connectivity index (χ3v) is 1.77. The standard InChI is InChI=1S/C12H12N2O2/c13-6-2-8-15-11-4-1-5-12(10-11)16-9-3-7-14/h1,4-5,10H,2-3,8-9H2. The van der Waals surface area contributed by atoms with Crippen LogP contribution in [0, 0.1) is 22.7 Å². The summed E-state index contributed by atoms with van der Waals surface area (Å²) in [5.41, 5.74) is 0. The van der Waals surface area contributed by atoms with Gasteiger partial charge in [0.15, 0.2) is 0 Å². The van der Waals surface area contributed by atoms with Gasteiger partial charge < -0.3 is 9.47 Å². The lowest BCUT2D eigenvalue weighted by Gasteiger charge is -2.07. The van der Waals surface area contributed by atoms with Crippen molar-refractivity contribution in [1.82, 2.24) is 0 Å². The van der Waals surface area contributed by atoms with Gasteiger partial charge in [-0.05, 0) is 12.1 Å². The first-order valence-electron chi connectivity index (χ1n) is 4.96. The minimum atomic E-state index is 0.361. The number of hydrogen-bond acceptors (Lipinski definition) is 4. The number of nitriles is 2. The van der Waals surface area contributed by atoms with Crippen molar-refractivity contribution in [3.05, 3.63) is 24.3 Å². The summed E-state index contributed by atoms with van der Waals surface area (Å²) in [5, 5.41) is 16.7.